The molecule has 1 aliphatic heterocycles. The van der Waals surface area contributed by atoms with Gasteiger partial charge in [-0.15, -0.1) is 0 Å². The maximum atomic E-state index is 7.13. The molecule has 7 rings (SSSR count). The van der Waals surface area contributed by atoms with Crippen LogP contribution in [0, 0.1) is 0 Å². The average Bonchev–Trinajstić information content (AvgIpc) is 3.31. The molecule has 0 aliphatic carbocycles. The van der Waals surface area contributed by atoms with E-state index in [4.69, 9.17) is 35.3 Å². The van der Waals surface area contributed by atoms with Gasteiger partial charge in [0.1, 0.15) is 34.5 Å². The lowest BCUT2D eigenvalue weighted by atomic mass is 9.77. The summed E-state index contributed by atoms with van der Waals surface area (Å²) < 4.78 is 55.7. The number of ether oxygens (including phenoxy) is 2. The molecule has 0 radical (unpaired) electrons. The van der Waals surface area contributed by atoms with E-state index >= 15 is 0 Å². The highest BCUT2D eigenvalue weighted by Gasteiger charge is 2.43. The van der Waals surface area contributed by atoms with E-state index in [0.717, 1.165) is 66.1 Å². The summed E-state index contributed by atoms with van der Waals surface area (Å²) in [5, 5.41) is 4.08. The molecule has 0 spiro atoms. The van der Waals surface area contributed by atoms with E-state index in [2.05, 4.69) is 215 Å². The molecule has 0 amide bonds. The predicted molar refractivity (Wildman–Crippen MR) is 309 cm³/mol. The van der Waals surface area contributed by atoms with Crippen molar-refractivity contribution in [2.75, 3.05) is 13.2 Å². The zero-order valence-corrected chi connectivity index (χ0v) is 51.6. The van der Waals surface area contributed by atoms with Gasteiger partial charge in [-0.25, -0.2) is 0 Å². The van der Waals surface area contributed by atoms with E-state index in [9.17, 15) is 0 Å². The molecular formula is C63H92O8P2. The number of hydrogen-bond donors (Lipinski definition) is 0. The van der Waals surface area contributed by atoms with Gasteiger partial charge in [0.15, 0.2) is 5.79 Å². The van der Waals surface area contributed by atoms with Gasteiger partial charge in [-0.3, -0.25) is 9.05 Å². The van der Waals surface area contributed by atoms with E-state index in [1.54, 1.807) is 0 Å². The highest BCUT2D eigenvalue weighted by Crippen LogP contribution is 2.48. The van der Waals surface area contributed by atoms with Gasteiger partial charge in [0.05, 0.1) is 13.2 Å². The third-order valence-corrected chi connectivity index (χ3v) is 16.3. The SMILES string of the molecule is CC1(C)O[C@H](COp2oc3c(C(C)(C)C)cc(C(C)(C)C)cc3c3cc(C(C)(C)C)cc(C(C)(C)C)c3o2)[C@@H](COp2oc3c(C(C)(C)C)cc(C(C)(C)C)cc3c3cc(C(C)(C)C)cc(C(C)(C)C)c3o2)O1. The first-order valence-electron chi connectivity index (χ1n) is 26.6. The van der Waals surface area contributed by atoms with Crippen LogP contribution >= 0.6 is 16.5 Å². The summed E-state index contributed by atoms with van der Waals surface area (Å²) in [6, 6.07) is 18.5. The Labute approximate surface area is 441 Å². The van der Waals surface area contributed by atoms with Gasteiger partial charge in [0, 0.05) is 43.8 Å². The molecule has 0 N–H and O–H groups in total. The molecule has 73 heavy (non-hydrogen) atoms. The van der Waals surface area contributed by atoms with Gasteiger partial charge in [-0.05, 0) is 104 Å². The van der Waals surface area contributed by atoms with Crippen LogP contribution in [0.25, 0.3) is 43.9 Å². The molecule has 0 bridgehead atoms. The second-order valence-corrected chi connectivity index (χ2v) is 31.9. The van der Waals surface area contributed by atoms with Crippen molar-refractivity contribution in [2.45, 2.75) is 241 Å². The smallest absolute Gasteiger partial charge is 0.387 e. The third-order valence-electron chi connectivity index (χ3n) is 14.3. The minimum atomic E-state index is -2.00. The zero-order chi connectivity index (χ0) is 54.8. The van der Waals surface area contributed by atoms with Crippen LogP contribution in [0.3, 0.4) is 0 Å². The van der Waals surface area contributed by atoms with Gasteiger partial charge >= 0.3 is 16.5 Å². The van der Waals surface area contributed by atoms with Crippen molar-refractivity contribution >= 4 is 60.4 Å². The van der Waals surface area contributed by atoms with Gasteiger partial charge in [0.2, 0.25) is 0 Å². The lowest BCUT2D eigenvalue weighted by Gasteiger charge is -2.27. The monoisotopic (exact) mass is 1040 g/mol. The van der Waals surface area contributed by atoms with Crippen molar-refractivity contribution in [3.05, 3.63) is 93.0 Å². The third kappa shape index (κ3) is 12.4. The number of benzene rings is 4. The fourth-order valence-electron chi connectivity index (χ4n) is 9.57. The van der Waals surface area contributed by atoms with E-state index < -0.39 is 34.5 Å². The summed E-state index contributed by atoms with van der Waals surface area (Å²) in [6.45, 7) is 58.4. The summed E-state index contributed by atoms with van der Waals surface area (Å²) in [7, 11) is -3.99. The Hall–Kier alpha value is -3.48. The highest BCUT2D eigenvalue weighted by molar-refractivity contribution is 7.32. The summed E-state index contributed by atoms with van der Waals surface area (Å²) in [4.78, 5) is 0. The summed E-state index contributed by atoms with van der Waals surface area (Å²) >= 11 is 0. The second-order valence-electron chi connectivity index (χ2n) is 29.7. The quantitative estimate of drug-likeness (QED) is 0.163. The fourth-order valence-corrected chi connectivity index (χ4v) is 11.8. The van der Waals surface area contributed by atoms with Gasteiger partial charge < -0.3 is 26.3 Å². The minimum absolute atomic E-state index is 0.113. The maximum absolute atomic E-state index is 7.13. The molecule has 6 aromatic rings. The zero-order valence-electron chi connectivity index (χ0n) is 49.8. The summed E-state index contributed by atoms with van der Waals surface area (Å²) in [6.07, 6.45) is -1.08. The number of hydrogen-bond acceptors (Lipinski definition) is 8. The Kier molecular flexibility index (Phi) is 14.8. The fraction of sp³-hybridized carbons (Fsp3) is 0.619. The van der Waals surface area contributed by atoms with Crippen molar-refractivity contribution in [3.8, 4) is 0 Å². The first kappa shape index (κ1) is 57.2. The van der Waals surface area contributed by atoms with Crippen LogP contribution in [-0.4, -0.2) is 31.2 Å². The van der Waals surface area contributed by atoms with Crippen LogP contribution in [0.5, 0.6) is 0 Å². The van der Waals surface area contributed by atoms with Crippen LogP contribution in [0.15, 0.2) is 65.3 Å². The molecule has 8 nitrogen and oxygen atoms in total. The van der Waals surface area contributed by atoms with Crippen LogP contribution in [-0.2, 0) is 52.8 Å². The minimum Gasteiger partial charge on any atom is -0.399 e. The molecule has 3 heterocycles. The lowest BCUT2D eigenvalue weighted by Crippen LogP contribution is -2.33. The average molecular weight is 1040 g/mol. The molecule has 1 saturated heterocycles. The van der Waals surface area contributed by atoms with Crippen LogP contribution in [0.1, 0.15) is 225 Å². The molecule has 0 unspecified atom stereocenters. The van der Waals surface area contributed by atoms with Crippen LogP contribution in [0.4, 0.5) is 0 Å². The molecule has 2 atom stereocenters. The standard InChI is InChI=1S/C63H92O8P2/c1-55(2,3)37-27-41-42-28-38(56(4,5)6)32-46(60(16,17)18)52(42)69-72(68-51(41)45(31-37)59(13,14)15)64-35-49-50(67-63(25,26)66-49)36-65-73-70-53-43(29-39(57(7,8)9)33-47(53)61(19,20)21)44-30-40(58(10,11)12)34-48(54(44)71-73)62(22,23)24/h27-34,49-50H,35-36H2,1-26H3/t49-,50-/m1/s1. The second kappa shape index (κ2) is 18.9. The molecule has 4 aromatic carbocycles. The van der Waals surface area contributed by atoms with Crippen molar-refractivity contribution < 1.29 is 35.3 Å². The van der Waals surface area contributed by atoms with E-state index in [-0.39, 0.29) is 56.5 Å². The van der Waals surface area contributed by atoms with Crippen molar-refractivity contribution in [1.29, 1.82) is 0 Å². The largest absolute Gasteiger partial charge is 0.399 e. The van der Waals surface area contributed by atoms with Crippen LogP contribution < -0.4 is 9.05 Å². The van der Waals surface area contributed by atoms with Gasteiger partial charge in [-0.1, -0.05) is 190 Å². The topological polar surface area (TPSA) is 89.5 Å². The molecule has 402 valence electrons. The predicted octanol–water partition coefficient (Wildman–Crippen LogP) is 19.4. The van der Waals surface area contributed by atoms with Crippen molar-refractivity contribution in [2.24, 2.45) is 0 Å². The molecule has 2 aromatic heterocycles. The van der Waals surface area contributed by atoms with E-state index in [1.165, 1.54) is 22.3 Å². The van der Waals surface area contributed by atoms with Crippen LogP contribution in [0.2, 0.25) is 0 Å². The first-order chi connectivity index (χ1) is 32.9. The Morgan fingerprint density at radius 1 is 0.342 bits per heavy atom. The molecule has 1 aliphatic rings. The molecule has 0 saturated carbocycles. The summed E-state index contributed by atoms with van der Waals surface area (Å²) in [5.41, 5.74) is 11.1. The molecule has 10 heteroatoms. The first-order valence-corrected chi connectivity index (χ1v) is 28.8. The summed E-state index contributed by atoms with van der Waals surface area (Å²) in [5.74, 6) is -0.922. The van der Waals surface area contributed by atoms with Gasteiger partial charge in [0.25, 0.3) is 0 Å². The Morgan fingerprint density at radius 3 is 0.726 bits per heavy atom. The van der Waals surface area contributed by atoms with Gasteiger partial charge in [-0.2, -0.15) is 0 Å². The molecule has 1 fully saturated rings. The van der Waals surface area contributed by atoms with Crippen molar-refractivity contribution in [1.82, 2.24) is 0 Å². The number of fused-ring (bicyclic) bond motifs is 6. The Bertz CT molecular complexity index is 2730. The maximum Gasteiger partial charge on any atom is 0.387 e. The normalized spacial score (nSPS) is 17.7. The van der Waals surface area contributed by atoms with E-state index in [1.807, 2.05) is 13.8 Å². The highest BCUT2D eigenvalue weighted by atomic mass is 31.1. The lowest BCUT2D eigenvalue weighted by molar-refractivity contribution is -0.149. The Morgan fingerprint density at radius 2 is 0.548 bits per heavy atom. The Balaban J connectivity index is 1.39. The number of rotatable bonds is 6. The molecular weight excluding hydrogens is 947 g/mol. The van der Waals surface area contributed by atoms with E-state index in [0.29, 0.717) is 0 Å². The van der Waals surface area contributed by atoms with Crippen molar-refractivity contribution in [3.63, 3.8) is 0 Å².